The molecule has 0 bridgehead atoms. The molecule has 0 atom stereocenters. The Morgan fingerprint density at radius 2 is 1.47 bits per heavy atom. The van der Waals surface area contributed by atoms with Gasteiger partial charge in [-0.25, -0.2) is 0 Å². The molecule has 0 fully saturated rings. The van der Waals surface area contributed by atoms with Crippen LogP contribution in [-0.2, 0) is 21.7 Å². The van der Waals surface area contributed by atoms with Crippen molar-refractivity contribution < 1.29 is 26.8 Å². The van der Waals surface area contributed by atoms with Gasteiger partial charge in [0.1, 0.15) is 5.60 Å². The van der Waals surface area contributed by atoms with Crippen LogP contribution in [0.25, 0.3) is 0 Å². The van der Waals surface area contributed by atoms with E-state index in [-0.39, 0.29) is 34.1 Å². The molecule has 1 N–H and O–H groups in total. The molecule has 0 aromatic heterocycles. The van der Waals surface area contributed by atoms with Crippen LogP contribution in [0, 0.1) is 0 Å². The third-order valence-electron chi connectivity index (χ3n) is 2.79. The molecule has 2 rings (SSSR count). The van der Waals surface area contributed by atoms with Crippen LogP contribution in [0.2, 0.25) is 0 Å². The van der Waals surface area contributed by atoms with Crippen molar-refractivity contribution in [3.05, 3.63) is 47.6 Å². The van der Waals surface area contributed by atoms with Gasteiger partial charge in [0.25, 0.3) is 0 Å². The first-order chi connectivity index (χ1) is 6.21. The molecule has 0 unspecified atom stereocenters. The van der Waals surface area contributed by atoms with E-state index >= 15 is 0 Å². The van der Waals surface area contributed by atoms with Crippen molar-refractivity contribution >= 4 is 12.4 Å². The van der Waals surface area contributed by atoms with E-state index < -0.39 is 5.60 Å². The maximum atomic E-state index is 10.3. The van der Waals surface area contributed by atoms with Gasteiger partial charge >= 0.3 is 0 Å². The molecule has 0 aliphatic heterocycles. The molecule has 0 saturated carbocycles. The maximum absolute atomic E-state index is 10.3. The van der Waals surface area contributed by atoms with E-state index in [0.29, 0.717) is 0 Å². The van der Waals surface area contributed by atoms with E-state index in [1.54, 1.807) is 0 Å². The molecule has 80 valence electrons. The van der Waals surface area contributed by atoms with E-state index in [9.17, 15) is 5.11 Å². The molecular weight excluding hydrogens is 243 g/mol. The molecule has 0 aromatic carbocycles. The fraction of sp³-hybridized carbons (Fsp3) is 0.333. The summed E-state index contributed by atoms with van der Waals surface area (Å²) in [5.41, 5.74) is 1.46. The average Bonchev–Trinajstić information content (AvgIpc) is 2.78. The second-order valence-corrected chi connectivity index (χ2v) is 3.72. The van der Waals surface area contributed by atoms with Crippen LogP contribution in [0.1, 0.15) is 19.8 Å². The van der Waals surface area contributed by atoms with E-state index in [1.165, 1.54) is 0 Å². The molecule has 0 radical (unpaired) electrons. The zero-order valence-corrected chi connectivity index (χ0v) is 11.1. The molecule has 0 heterocycles. The van der Waals surface area contributed by atoms with Crippen molar-refractivity contribution in [2.75, 3.05) is 0 Å². The standard InChI is InChI=1S/C12H14O.ClH.Ti/c1-12(13,10-6-2-3-7-10)11-8-4-5-9-11;;/h2-6,8,13H,7,9H2,1H3;1H;. The van der Waals surface area contributed by atoms with Gasteiger partial charge < -0.3 is 5.11 Å². The SMILES string of the molecule is CC(O)(C1=CC=CC1)C1=CC=CC1.Cl.[Ti]. The van der Waals surface area contributed by atoms with Crippen LogP contribution >= 0.6 is 12.4 Å². The van der Waals surface area contributed by atoms with Crippen LogP contribution in [0.4, 0.5) is 0 Å². The largest absolute Gasteiger partial charge is 0.381 e. The van der Waals surface area contributed by atoms with Crippen molar-refractivity contribution in [2.24, 2.45) is 0 Å². The van der Waals surface area contributed by atoms with Gasteiger partial charge in [-0.1, -0.05) is 36.5 Å². The monoisotopic (exact) mass is 258 g/mol. The summed E-state index contributed by atoms with van der Waals surface area (Å²) in [5, 5.41) is 10.3. The van der Waals surface area contributed by atoms with E-state index in [0.717, 1.165) is 24.0 Å². The quantitative estimate of drug-likeness (QED) is 0.755. The first-order valence-corrected chi connectivity index (χ1v) is 4.66. The first kappa shape index (κ1) is 14.9. The van der Waals surface area contributed by atoms with Gasteiger partial charge in [-0.05, 0) is 30.9 Å². The van der Waals surface area contributed by atoms with Crippen LogP contribution in [0.15, 0.2) is 47.6 Å². The predicted octanol–water partition coefficient (Wildman–Crippen LogP) is 2.93. The smallest absolute Gasteiger partial charge is 0.105 e. The fourth-order valence-electron chi connectivity index (χ4n) is 1.82. The molecule has 1 nitrogen and oxygen atoms in total. The molecule has 0 spiro atoms. The van der Waals surface area contributed by atoms with Gasteiger partial charge in [0, 0.05) is 21.7 Å². The Morgan fingerprint density at radius 1 is 1.07 bits per heavy atom. The zero-order chi connectivity index (χ0) is 9.31. The van der Waals surface area contributed by atoms with E-state index in [1.807, 2.05) is 31.2 Å². The minimum Gasteiger partial charge on any atom is -0.381 e. The topological polar surface area (TPSA) is 20.2 Å². The molecule has 2 aliphatic carbocycles. The Labute approximate surface area is 112 Å². The molecule has 2 aliphatic rings. The van der Waals surface area contributed by atoms with E-state index in [4.69, 9.17) is 0 Å². The Balaban J connectivity index is 0.000000980. The molecular formula is C12H15ClOTi. The second-order valence-electron chi connectivity index (χ2n) is 3.72. The number of hydrogen-bond acceptors (Lipinski definition) is 1. The third-order valence-corrected chi connectivity index (χ3v) is 2.79. The summed E-state index contributed by atoms with van der Waals surface area (Å²) in [6, 6.07) is 0. The van der Waals surface area contributed by atoms with Crippen molar-refractivity contribution in [1.29, 1.82) is 0 Å². The van der Waals surface area contributed by atoms with Crippen LogP contribution in [0.5, 0.6) is 0 Å². The van der Waals surface area contributed by atoms with Crippen LogP contribution < -0.4 is 0 Å². The maximum Gasteiger partial charge on any atom is 0.105 e. The Hall–Kier alpha value is -0.0757. The van der Waals surface area contributed by atoms with Gasteiger partial charge in [-0.15, -0.1) is 12.4 Å². The number of aliphatic hydroxyl groups is 1. The van der Waals surface area contributed by atoms with Crippen molar-refractivity contribution in [3.8, 4) is 0 Å². The number of hydrogen-bond donors (Lipinski definition) is 1. The van der Waals surface area contributed by atoms with Gasteiger partial charge in [-0.3, -0.25) is 0 Å². The van der Waals surface area contributed by atoms with Gasteiger partial charge in [0.05, 0.1) is 0 Å². The Kier molecular flexibility index (Phi) is 5.83. The molecule has 0 amide bonds. The summed E-state index contributed by atoms with van der Waals surface area (Å²) in [6.45, 7) is 1.88. The predicted molar refractivity (Wildman–Crippen MR) is 61.6 cm³/mol. The van der Waals surface area contributed by atoms with Crippen molar-refractivity contribution in [1.82, 2.24) is 0 Å². The zero-order valence-electron chi connectivity index (χ0n) is 8.73. The van der Waals surface area contributed by atoms with Gasteiger partial charge in [0.2, 0.25) is 0 Å². The summed E-state index contributed by atoms with van der Waals surface area (Å²) in [7, 11) is 0. The summed E-state index contributed by atoms with van der Waals surface area (Å²) >= 11 is 0. The number of halogens is 1. The molecule has 3 heteroatoms. The summed E-state index contributed by atoms with van der Waals surface area (Å²) in [6.07, 6.45) is 14.0. The van der Waals surface area contributed by atoms with Crippen LogP contribution in [0.3, 0.4) is 0 Å². The first-order valence-electron chi connectivity index (χ1n) is 4.66. The number of rotatable bonds is 2. The fourth-order valence-corrected chi connectivity index (χ4v) is 1.82. The summed E-state index contributed by atoms with van der Waals surface area (Å²) in [4.78, 5) is 0. The summed E-state index contributed by atoms with van der Waals surface area (Å²) < 4.78 is 0. The molecule has 0 saturated heterocycles. The third kappa shape index (κ3) is 2.95. The minimum absolute atomic E-state index is 0. The minimum atomic E-state index is -0.743. The molecule has 0 aromatic rings. The molecule has 15 heavy (non-hydrogen) atoms. The number of allylic oxidation sites excluding steroid dienone is 6. The van der Waals surface area contributed by atoms with Gasteiger partial charge in [-0.2, -0.15) is 0 Å². The average molecular weight is 259 g/mol. The van der Waals surface area contributed by atoms with Gasteiger partial charge in [0.15, 0.2) is 0 Å². The van der Waals surface area contributed by atoms with Crippen molar-refractivity contribution in [3.63, 3.8) is 0 Å². The second kappa shape index (κ2) is 5.86. The Morgan fingerprint density at radius 3 is 1.73 bits per heavy atom. The summed E-state index contributed by atoms with van der Waals surface area (Å²) in [5.74, 6) is 0. The normalized spacial score (nSPS) is 18.0. The van der Waals surface area contributed by atoms with Crippen molar-refractivity contribution in [2.45, 2.75) is 25.4 Å². The van der Waals surface area contributed by atoms with Crippen LogP contribution in [-0.4, -0.2) is 10.7 Å². The van der Waals surface area contributed by atoms with E-state index in [2.05, 4.69) is 12.2 Å². The Bertz CT molecular complexity index is 306.